The average molecular weight is 274 g/mol. The Balaban J connectivity index is 3.47. The van der Waals surface area contributed by atoms with Gasteiger partial charge in [0.05, 0.1) is 12.7 Å². The fourth-order valence-electron chi connectivity index (χ4n) is 0.641. The lowest BCUT2D eigenvalue weighted by molar-refractivity contribution is -0.490. The van der Waals surface area contributed by atoms with Gasteiger partial charge in [-0.15, -0.1) is 3.89 Å². The van der Waals surface area contributed by atoms with Crippen molar-refractivity contribution in [2.24, 2.45) is 0 Å². The zero-order chi connectivity index (χ0) is 13.3. The molecular formula is C8H15FO7S. The summed E-state index contributed by atoms with van der Waals surface area (Å²) in [7, 11) is -4.53. The number of carbonyl (C=O) groups excluding carboxylic acids is 1. The van der Waals surface area contributed by atoms with Gasteiger partial charge in [-0.05, 0) is 12.0 Å². The van der Waals surface area contributed by atoms with Crippen LogP contribution in [0.1, 0.15) is 20.3 Å². The number of hydrogen-bond donors (Lipinski definition) is 0. The van der Waals surface area contributed by atoms with Crippen molar-refractivity contribution < 1.29 is 36.6 Å². The summed E-state index contributed by atoms with van der Waals surface area (Å²) in [6, 6.07) is 0. The van der Waals surface area contributed by atoms with Crippen LogP contribution in [0.15, 0.2) is 0 Å². The number of halogens is 1. The smallest absolute Gasteiger partial charge is 0.345 e. The predicted molar refractivity (Wildman–Crippen MR) is 53.7 cm³/mol. The molecule has 0 saturated heterocycles. The van der Waals surface area contributed by atoms with E-state index in [1.165, 1.54) is 0 Å². The number of rotatable bonds is 9. The fourth-order valence-corrected chi connectivity index (χ4v) is 0.937. The molecule has 0 heterocycles. The average Bonchev–Trinajstić information content (AvgIpc) is 2.22. The van der Waals surface area contributed by atoms with Crippen LogP contribution < -0.4 is 0 Å². The zero-order valence-electron chi connectivity index (χ0n) is 9.55. The third-order valence-corrected chi connectivity index (χ3v) is 2.15. The van der Waals surface area contributed by atoms with Crippen molar-refractivity contribution in [3.05, 3.63) is 0 Å². The molecular weight excluding hydrogens is 259 g/mol. The van der Waals surface area contributed by atoms with E-state index < -0.39 is 28.0 Å². The number of carbonyl (C=O) groups is 1. The Morgan fingerprint density at radius 1 is 1.41 bits per heavy atom. The Bertz CT molecular complexity index is 316. The van der Waals surface area contributed by atoms with Gasteiger partial charge in [0, 0.05) is 6.42 Å². The van der Waals surface area contributed by atoms with Gasteiger partial charge in [0.2, 0.25) is 0 Å². The first-order valence-corrected chi connectivity index (χ1v) is 6.43. The van der Waals surface area contributed by atoms with E-state index in [-0.39, 0.29) is 19.6 Å². The lowest BCUT2D eigenvalue weighted by atomic mass is 10.4. The van der Waals surface area contributed by atoms with Crippen molar-refractivity contribution in [3.63, 3.8) is 0 Å². The number of ether oxygens (including phenoxy) is 1. The Hall–Kier alpha value is -0.770. The van der Waals surface area contributed by atoms with Gasteiger partial charge in [0.25, 0.3) is 0 Å². The molecule has 0 rings (SSSR count). The molecule has 0 aromatic carbocycles. The van der Waals surface area contributed by atoms with Crippen molar-refractivity contribution >= 4 is 16.2 Å². The molecule has 0 aliphatic rings. The van der Waals surface area contributed by atoms with E-state index in [1.807, 2.05) is 0 Å². The number of hydrogen-bond acceptors (Lipinski definition) is 7. The summed E-state index contributed by atoms with van der Waals surface area (Å²) in [5.74, 6) is -1.31. The third kappa shape index (κ3) is 11.5. The molecule has 0 amide bonds. The van der Waals surface area contributed by atoms with E-state index >= 15 is 0 Å². The quantitative estimate of drug-likeness (QED) is 0.262. The summed E-state index contributed by atoms with van der Waals surface area (Å²) in [5, 5.41) is 4.08. The molecule has 0 aliphatic heterocycles. The first-order valence-electron chi connectivity index (χ1n) is 4.88. The molecule has 9 heteroatoms. The molecule has 7 nitrogen and oxygen atoms in total. The standard InChI is InChI=1S/C8H15FO7S/c1-3-8(10)15-16-14-6-7(2)13-4-5-17(9,11)12/h7H,3-6H2,1-2H3. The van der Waals surface area contributed by atoms with E-state index in [2.05, 4.69) is 14.8 Å². The third-order valence-electron chi connectivity index (χ3n) is 1.50. The van der Waals surface area contributed by atoms with Crippen LogP contribution in [-0.4, -0.2) is 39.5 Å². The molecule has 17 heavy (non-hydrogen) atoms. The van der Waals surface area contributed by atoms with Crippen molar-refractivity contribution in [2.45, 2.75) is 26.4 Å². The molecule has 0 saturated carbocycles. The molecule has 0 aromatic heterocycles. The van der Waals surface area contributed by atoms with Gasteiger partial charge in [0.15, 0.2) is 0 Å². The van der Waals surface area contributed by atoms with Crippen LogP contribution in [0, 0.1) is 0 Å². The highest BCUT2D eigenvalue weighted by molar-refractivity contribution is 7.86. The lowest BCUT2D eigenvalue weighted by Gasteiger charge is -2.10. The van der Waals surface area contributed by atoms with Gasteiger partial charge in [0.1, 0.15) is 12.4 Å². The van der Waals surface area contributed by atoms with Crippen LogP contribution in [0.5, 0.6) is 0 Å². The molecule has 1 unspecified atom stereocenters. The summed E-state index contributed by atoms with van der Waals surface area (Å²) in [5.41, 5.74) is 0. The first-order chi connectivity index (χ1) is 7.85. The molecule has 0 N–H and O–H groups in total. The zero-order valence-corrected chi connectivity index (χ0v) is 10.4. The summed E-state index contributed by atoms with van der Waals surface area (Å²) in [6.45, 7) is 2.74. The van der Waals surface area contributed by atoms with Gasteiger partial charge < -0.3 is 4.74 Å². The van der Waals surface area contributed by atoms with E-state index in [0.717, 1.165) is 0 Å². The van der Waals surface area contributed by atoms with Crippen LogP contribution in [0.3, 0.4) is 0 Å². The Morgan fingerprint density at radius 3 is 2.59 bits per heavy atom. The van der Waals surface area contributed by atoms with E-state index in [0.29, 0.717) is 0 Å². The highest BCUT2D eigenvalue weighted by Crippen LogP contribution is 1.97. The lowest BCUT2D eigenvalue weighted by Crippen LogP contribution is -2.20. The van der Waals surface area contributed by atoms with Crippen LogP contribution in [0.25, 0.3) is 0 Å². The highest BCUT2D eigenvalue weighted by atomic mass is 32.3. The van der Waals surface area contributed by atoms with E-state index in [4.69, 9.17) is 4.74 Å². The predicted octanol–water partition coefficient (Wildman–Crippen LogP) is 0.507. The Labute approximate surface area is 98.9 Å². The maximum absolute atomic E-state index is 12.1. The van der Waals surface area contributed by atoms with Gasteiger partial charge in [-0.3, -0.25) is 4.89 Å². The van der Waals surface area contributed by atoms with Crippen molar-refractivity contribution in [3.8, 4) is 0 Å². The van der Waals surface area contributed by atoms with Crippen LogP contribution in [-0.2, 0) is 34.6 Å². The molecule has 102 valence electrons. The van der Waals surface area contributed by atoms with Gasteiger partial charge in [-0.2, -0.15) is 13.3 Å². The topological polar surface area (TPSA) is 88.1 Å². The molecule has 0 radical (unpaired) electrons. The van der Waals surface area contributed by atoms with Crippen LogP contribution in [0.4, 0.5) is 3.89 Å². The highest BCUT2D eigenvalue weighted by Gasteiger charge is 2.10. The monoisotopic (exact) mass is 274 g/mol. The fraction of sp³-hybridized carbons (Fsp3) is 0.875. The maximum atomic E-state index is 12.1. The van der Waals surface area contributed by atoms with Crippen molar-refractivity contribution in [1.29, 1.82) is 0 Å². The van der Waals surface area contributed by atoms with Gasteiger partial charge in [-0.1, -0.05) is 6.92 Å². The van der Waals surface area contributed by atoms with Crippen LogP contribution in [0.2, 0.25) is 0 Å². The van der Waals surface area contributed by atoms with Crippen LogP contribution >= 0.6 is 0 Å². The molecule has 0 spiro atoms. The summed E-state index contributed by atoms with van der Waals surface area (Å²) in [6.07, 6.45) is -0.388. The Morgan fingerprint density at radius 2 is 2.06 bits per heavy atom. The Kier molecular flexibility index (Phi) is 7.96. The summed E-state index contributed by atoms with van der Waals surface area (Å²) >= 11 is 0. The minimum atomic E-state index is -4.53. The second-order valence-corrected chi connectivity index (χ2v) is 4.57. The molecule has 0 aliphatic carbocycles. The summed E-state index contributed by atoms with van der Waals surface area (Å²) in [4.78, 5) is 19.1. The summed E-state index contributed by atoms with van der Waals surface area (Å²) < 4.78 is 37.2. The molecule has 0 bridgehead atoms. The first kappa shape index (κ1) is 16.2. The van der Waals surface area contributed by atoms with E-state index in [1.54, 1.807) is 13.8 Å². The molecule has 0 fully saturated rings. The van der Waals surface area contributed by atoms with Gasteiger partial charge >= 0.3 is 16.2 Å². The second kappa shape index (κ2) is 8.34. The SMILES string of the molecule is CCC(=O)OOOCC(C)OCCS(=O)(=O)F. The minimum Gasteiger partial charge on any atom is -0.375 e. The van der Waals surface area contributed by atoms with E-state index in [9.17, 15) is 17.1 Å². The maximum Gasteiger partial charge on any atom is 0.345 e. The normalized spacial score (nSPS) is 13.4. The molecule has 0 aromatic rings. The van der Waals surface area contributed by atoms with Crippen molar-refractivity contribution in [2.75, 3.05) is 19.0 Å². The minimum absolute atomic E-state index is 0.0939. The molecule has 1 atom stereocenters. The second-order valence-electron chi connectivity index (χ2n) is 3.09. The van der Waals surface area contributed by atoms with Gasteiger partial charge in [-0.25, -0.2) is 4.79 Å². The largest absolute Gasteiger partial charge is 0.375 e. The van der Waals surface area contributed by atoms with Crippen molar-refractivity contribution in [1.82, 2.24) is 0 Å².